The van der Waals surface area contributed by atoms with Crippen molar-refractivity contribution in [2.24, 2.45) is 0 Å². The summed E-state index contributed by atoms with van der Waals surface area (Å²) in [6, 6.07) is 0.454. The van der Waals surface area contributed by atoms with Crippen LogP contribution in [0.15, 0.2) is 12.1 Å². The number of halogens is 3. The summed E-state index contributed by atoms with van der Waals surface area (Å²) < 4.78 is 13.3. The number of nitrogens with zero attached hydrogens (tertiary/aromatic N) is 1. The Labute approximate surface area is 129 Å². The minimum absolute atomic E-state index is 0.0479. The molecule has 0 aromatic heterocycles. The number of urea groups is 1. The number of likely N-dealkylation sites (tertiary alicyclic amines) is 1. The van der Waals surface area contributed by atoms with Crippen LogP contribution in [0.3, 0.4) is 0 Å². The molecule has 0 saturated carbocycles. The van der Waals surface area contributed by atoms with E-state index in [0.717, 1.165) is 17.0 Å². The van der Waals surface area contributed by atoms with Crippen LogP contribution >= 0.6 is 23.2 Å². The minimum Gasteiger partial charge on any atom is -0.480 e. The van der Waals surface area contributed by atoms with E-state index in [1.165, 1.54) is 0 Å². The third-order valence-electron chi connectivity index (χ3n) is 3.06. The summed E-state index contributed by atoms with van der Waals surface area (Å²) in [7, 11) is 0. The average Bonchev–Trinajstić information content (AvgIpc) is 2.78. The van der Waals surface area contributed by atoms with Gasteiger partial charge in [-0.15, -0.1) is 0 Å². The van der Waals surface area contributed by atoms with E-state index >= 15 is 0 Å². The summed E-state index contributed by atoms with van der Waals surface area (Å²) in [5.41, 5.74) is 0.127. The van der Waals surface area contributed by atoms with E-state index in [2.05, 4.69) is 5.32 Å². The number of carbonyl (C=O) groups excluding carboxylic acids is 1. The molecule has 9 heteroatoms. The number of aliphatic carboxylic acids is 1. The first-order valence-electron chi connectivity index (χ1n) is 5.92. The van der Waals surface area contributed by atoms with Crippen molar-refractivity contribution in [3.63, 3.8) is 0 Å². The Bertz CT molecular complexity index is 576. The molecule has 1 aliphatic rings. The van der Waals surface area contributed by atoms with Gasteiger partial charge in [-0.2, -0.15) is 0 Å². The summed E-state index contributed by atoms with van der Waals surface area (Å²) >= 11 is 11.2. The number of β-amino-alcohol motifs (C(OH)–C–C–N with tert-alkyl or cyclic N) is 1. The Hall–Kier alpha value is -1.57. The predicted molar refractivity (Wildman–Crippen MR) is 74.2 cm³/mol. The number of aliphatic hydroxyl groups excluding tert-OH is 1. The molecule has 3 N–H and O–H groups in total. The lowest BCUT2D eigenvalue weighted by atomic mass is 10.2. The van der Waals surface area contributed by atoms with Crippen LogP contribution in [-0.4, -0.2) is 45.8 Å². The average molecular weight is 337 g/mol. The molecular formula is C12H11Cl2FN2O4. The predicted octanol–water partition coefficient (Wildman–Crippen LogP) is 2.18. The van der Waals surface area contributed by atoms with Crippen molar-refractivity contribution in [2.75, 3.05) is 11.9 Å². The smallest absolute Gasteiger partial charge is 0.326 e. The second kappa shape index (κ2) is 6.05. The maximum absolute atomic E-state index is 13.3. The van der Waals surface area contributed by atoms with Gasteiger partial charge in [0.05, 0.1) is 16.1 Å². The Kier molecular flexibility index (Phi) is 4.55. The summed E-state index contributed by atoms with van der Waals surface area (Å²) in [5, 5.41) is 20.3. The van der Waals surface area contributed by atoms with Crippen molar-refractivity contribution in [1.82, 2.24) is 4.90 Å². The van der Waals surface area contributed by atoms with Crippen LogP contribution in [0.5, 0.6) is 0 Å². The summed E-state index contributed by atoms with van der Waals surface area (Å²) in [6.45, 7) is -0.106. The molecule has 21 heavy (non-hydrogen) atoms. The van der Waals surface area contributed by atoms with Crippen LogP contribution < -0.4 is 5.32 Å². The van der Waals surface area contributed by atoms with Crippen LogP contribution in [0.2, 0.25) is 10.0 Å². The molecule has 2 rings (SSSR count). The molecule has 1 aromatic carbocycles. The van der Waals surface area contributed by atoms with Gasteiger partial charge in [0.15, 0.2) is 5.82 Å². The van der Waals surface area contributed by atoms with Crippen LogP contribution in [0.1, 0.15) is 6.42 Å². The van der Waals surface area contributed by atoms with E-state index in [4.69, 9.17) is 28.3 Å². The number of nitrogens with one attached hydrogen (secondary N) is 1. The fraction of sp³-hybridized carbons (Fsp3) is 0.333. The fourth-order valence-electron chi connectivity index (χ4n) is 2.10. The lowest BCUT2D eigenvalue weighted by Crippen LogP contribution is -2.43. The zero-order chi connectivity index (χ0) is 15.7. The van der Waals surface area contributed by atoms with E-state index in [0.29, 0.717) is 0 Å². The zero-order valence-electron chi connectivity index (χ0n) is 10.5. The summed E-state index contributed by atoms with van der Waals surface area (Å²) in [5.74, 6) is -2.02. The second-order valence-corrected chi connectivity index (χ2v) is 5.39. The molecule has 1 heterocycles. The zero-order valence-corrected chi connectivity index (χ0v) is 12.0. The number of aliphatic hydroxyl groups is 1. The molecule has 2 amide bonds. The van der Waals surface area contributed by atoms with Gasteiger partial charge >= 0.3 is 12.0 Å². The van der Waals surface area contributed by atoms with E-state index in [1.54, 1.807) is 0 Å². The van der Waals surface area contributed by atoms with E-state index in [9.17, 15) is 19.1 Å². The highest BCUT2D eigenvalue weighted by Gasteiger charge is 2.39. The van der Waals surface area contributed by atoms with Gasteiger partial charge in [-0.1, -0.05) is 23.2 Å². The molecule has 1 aliphatic heterocycles. The SMILES string of the molecule is O=C(O)[C@@H]1C[C@H](O)CN1C(=O)Nc1cc(Cl)c(F)c(Cl)c1. The van der Waals surface area contributed by atoms with Crippen molar-refractivity contribution in [1.29, 1.82) is 0 Å². The molecule has 0 spiro atoms. The standard InChI is InChI=1S/C12H11Cl2FN2O4/c13-7-1-5(2-8(14)10(7)15)16-12(21)17-4-6(18)3-9(17)11(19)20/h1-2,6,9,18H,3-4H2,(H,16,21)(H,19,20)/t6-,9-/m0/s1. The minimum atomic E-state index is -1.21. The lowest BCUT2D eigenvalue weighted by Gasteiger charge is -2.21. The molecular weight excluding hydrogens is 326 g/mol. The van der Waals surface area contributed by atoms with Gasteiger partial charge < -0.3 is 20.4 Å². The van der Waals surface area contributed by atoms with Gasteiger partial charge in [0, 0.05) is 18.7 Å². The van der Waals surface area contributed by atoms with Gasteiger partial charge in [0.1, 0.15) is 6.04 Å². The first kappa shape index (κ1) is 15.8. The number of hydrogen-bond donors (Lipinski definition) is 3. The Morgan fingerprint density at radius 1 is 1.33 bits per heavy atom. The highest BCUT2D eigenvalue weighted by atomic mass is 35.5. The van der Waals surface area contributed by atoms with Crippen molar-refractivity contribution < 1.29 is 24.2 Å². The van der Waals surface area contributed by atoms with E-state index in [1.807, 2.05) is 0 Å². The van der Waals surface area contributed by atoms with Crippen molar-refractivity contribution in [2.45, 2.75) is 18.6 Å². The second-order valence-electron chi connectivity index (χ2n) is 4.58. The number of anilines is 1. The van der Waals surface area contributed by atoms with Gasteiger partial charge in [-0.25, -0.2) is 14.0 Å². The van der Waals surface area contributed by atoms with Gasteiger partial charge in [0.25, 0.3) is 0 Å². The fourth-order valence-corrected chi connectivity index (χ4v) is 2.58. The summed E-state index contributed by atoms with van der Waals surface area (Å²) in [4.78, 5) is 24.1. The number of carboxylic acids is 1. The van der Waals surface area contributed by atoms with Gasteiger partial charge in [0.2, 0.25) is 0 Å². The summed E-state index contributed by atoms with van der Waals surface area (Å²) in [6.07, 6.45) is -0.953. The first-order valence-corrected chi connectivity index (χ1v) is 6.68. The molecule has 114 valence electrons. The van der Waals surface area contributed by atoms with Crippen LogP contribution in [-0.2, 0) is 4.79 Å². The quantitative estimate of drug-likeness (QED) is 0.722. The molecule has 0 bridgehead atoms. The molecule has 1 saturated heterocycles. The number of carboxylic acid groups (broad SMARTS) is 1. The monoisotopic (exact) mass is 336 g/mol. The lowest BCUT2D eigenvalue weighted by molar-refractivity contribution is -0.141. The Balaban J connectivity index is 2.16. The van der Waals surface area contributed by atoms with Crippen molar-refractivity contribution in [3.8, 4) is 0 Å². The largest absolute Gasteiger partial charge is 0.480 e. The van der Waals surface area contributed by atoms with Crippen molar-refractivity contribution in [3.05, 3.63) is 28.0 Å². The van der Waals surface area contributed by atoms with E-state index < -0.39 is 30.0 Å². The third-order valence-corrected chi connectivity index (χ3v) is 3.61. The Morgan fingerprint density at radius 3 is 2.43 bits per heavy atom. The van der Waals surface area contributed by atoms with Crippen LogP contribution in [0.25, 0.3) is 0 Å². The normalized spacial score (nSPS) is 21.4. The molecule has 1 fully saturated rings. The highest BCUT2D eigenvalue weighted by Crippen LogP contribution is 2.28. The number of amides is 2. The highest BCUT2D eigenvalue weighted by molar-refractivity contribution is 6.35. The number of hydrogen-bond acceptors (Lipinski definition) is 3. The molecule has 0 unspecified atom stereocenters. The van der Waals surface area contributed by atoms with Crippen molar-refractivity contribution >= 4 is 40.9 Å². The molecule has 1 aromatic rings. The number of benzene rings is 1. The number of carbonyl (C=O) groups is 2. The van der Waals surface area contributed by atoms with Crippen LogP contribution in [0, 0.1) is 5.82 Å². The number of rotatable bonds is 2. The van der Waals surface area contributed by atoms with Gasteiger partial charge in [-0.3, -0.25) is 0 Å². The topological polar surface area (TPSA) is 89.9 Å². The maximum Gasteiger partial charge on any atom is 0.326 e. The first-order chi connectivity index (χ1) is 9.79. The molecule has 0 radical (unpaired) electrons. The van der Waals surface area contributed by atoms with Crippen LogP contribution in [0.4, 0.5) is 14.9 Å². The third kappa shape index (κ3) is 3.37. The molecule has 6 nitrogen and oxygen atoms in total. The van der Waals surface area contributed by atoms with E-state index in [-0.39, 0.29) is 28.7 Å². The Morgan fingerprint density at radius 2 is 1.90 bits per heavy atom. The van der Waals surface area contributed by atoms with Gasteiger partial charge in [-0.05, 0) is 12.1 Å². The maximum atomic E-state index is 13.3. The molecule has 0 aliphatic carbocycles. The molecule has 2 atom stereocenters.